The molecular weight excluding hydrogens is 264 g/mol. The molecule has 6 heteroatoms. The minimum absolute atomic E-state index is 0.708. The third-order valence-corrected chi connectivity index (χ3v) is 4.63. The Kier molecular flexibility index (Phi) is 3.21. The summed E-state index contributed by atoms with van der Waals surface area (Å²) in [4.78, 5) is 4.58. The molecule has 0 spiro atoms. The van der Waals surface area contributed by atoms with Crippen molar-refractivity contribution in [2.45, 2.75) is 10.9 Å². The maximum Gasteiger partial charge on any atom is 0.151 e. The Morgan fingerprint density at radius 2 is 2.22 bits per heavy atom. The van der Waals surface area contributed by atoms with E-state index in [9.17, 15) is 0 Å². The van der Waals surface area contributed by atoms with Gasteiger partial charge < -0.3 is 5.73 Å². The molecular formula is C12H12N4S2. The molecule has 0 saturated heterocycles. The van der Waals surface area contributed by atoms with Crippen LogP contribution < -0.4 is 5.73 Å². The van der Waals surface area contributed by atoms with Crippen molar-refractivity contribution in [3.8, 4) is 0 Å². The van der Waals surface area contributed by atoms with Gasteiger partial charge in [0.05, 0.1) is 28.6 Å². The number of rotatable bonds is 4. The SMILES string of the molecule is Nc1cnn(CCSc2nc3ccccc3s2)c1. The van der Waals surface area contributed by atoms with E-state index in [0.717, 1.165) is 22.2 Å². The van der Waals surface area contributed by atoms with Crippen LogP contribution in [-0.2, 0) is 6.54 Å². The molecule has 0 aliphatic rings. The number of benzene rings is 1. The van der Waals surface area contributed by atoms with Crippen molar-refractivity contribution in [1.29, 1.82) is 0 Å². The number of nitrogen functional groups attached to an aromatic ring is 1. The molecule has 3 aromatic rings. The zero-order chi connectivity index (χ0) is 12.4. The van der Waals surface area contributed by atoms with Gasteiger partial charge in [0.2, 0.25) is 0 Å². The molecule has 0 unspecified atom stereocenters. The van der Waals surface area contributed by atoms with Gasteiger partial charge in [0.25, 0.3) is 0 Å². The van der Waals surface area contributed by atoms with E-state index in [1.165, 1.54) is 4.70 Å². The molecule has 0 bridgehead atoms. The zero-order valence-electron chi connectivity index (χ0n) is 9.61. The van der Waals surface area contributed by atoms with Crippen LogP contribution in [0.15, 0.2) is 41.0 Å². The second-order valence-electron chi connectivity index (χ2n) is 3.83. The van der Waals surface area contributed by atoms with Gasteiger partial charge in [-0.1, -0.05) is 23.9 Å². The zero-order valence-corrected chi connectivity index (χ0v) is 11.2. The largest absolute Gasteiger partial charge is 0.396 e. The predicted octanol–water partition coefficient (Wildman–Crippen LogP) is 2.87. The number of anilines is 1. The summed E-state index contributed by atoms with van der Waals surface area (Å²) in [7, 11) is 0. The molecule has 1 aromatic carbocycles. The topological polar surface area (TPSA) is 56.7 Å². The van der Waals surface area contributed by atoms with Gasteiger partial charge >= 0.3 is 0 Å². The fraction of sp³-hybridized carbons (Fsp3) is 0.167. The van der Waals surface area contributed by atoms with Gasteiger partial charge in [-0.15, -0.1) is 11.3 Å². The molecule has 3 rings (SSSR count). The van der Waals surface area contributed by atoms with Gasteiger partial charge in [-0.2, -0.15) is 5.10 Å². The van der Waals surface area contributed by atoms with E-state index in [0.29, 0.717) is 5.69 Å². The van der Waals surface area contributed by atoms with Crippen LogP contribution in [-0.4, -0.2) is 20.5 Å². The Morgan fingerprint density at radius 1 is 1.33 bits per heavy atom. The summed E-state index contributed by atoms with van der Waals surface area (Å²) in [5, 5.41) is 4.15. The van der Waals surface area contributed by atoms with E-state index in [2.05, 4.69) is 16.1 Å². The quantitative estimate of drug-likeness (QED) is 0.744. The number of nitrogens with zero attached hydrogens (tertiary/aromatic N) is 3. The molecule has 0 radical (unpaired) electrons. The second kappa shape index (κ2) is 4.99. The summed E-state index contributed by atoms with van der Waals surface area (Å²) >= 11 is 3.49. The highest BCUT2D eigenvalue weighted by molar-refractivity contribution is 8.01. The second-order valence-corrected chi connectivity index (χ2v) is 6.21. The lowest BCUT2D eigenvalue weighted by Gasteiger charge is -1.98. The number of aryl methyl sites for hydroxylation is 1. The molecule has 92 valence electrons. The van der Waals surface area contributed by atoms with Crippen LogP contribution in [0.2, 0.25) is 0 Å². The van der Waals surface area contributed by atoms with E-state index in [4.69, 9.17) is 5.73 Å². The molecule has 18 heavy (non-hydrogen) atoms. The Bertz CT molecular complexity index is 626. The Hall–Kier alpha value is -1.53. The Balaban J connectivity index is 1.62. The maximum absolute atomic E-state index is 5.61. The third-order valence-electron chi connectivity index (χ3n) is 2.47. The van der Waals surface area contributed by atoms with Crippen molar-refractivity contribution in [2.24, 2.45) is 0 Å². The van der Waals surface area contributed by atoms with Crippen molar-refractivity contribution >= 4 is 39.0 Å². The number of nitrogens with two attached hydrogens (primary N) is 1. The summed E-state index contributed by atoms with van der Waals surface area (Å²) in [6.45, 7) is 0.845. The lowest BCUT2D eigenvalue weighted by molar-refractivity contribution is 0.666. The molecule has 0 aliphatic heterocycles. The van der Waals surface area contributed by atoms with Gasteiger partial charge in [0.15, 0.2) is 4.34 Å². The van der Waals surface area contributed by atoms with Crippen LogP contribution in [0.1, 0.15) is 0 Å². The Morgan fingerprint density at radius 3 is 3.00 bits per heavy atom. The fourth-order valence-corrected chi connectivity index (χ4v) is 3.71. The smallest absolute Gasteiger partial charge is 0.151 e. The van der Waals surface area contributed by atoms with Gasteiger partial charge in [-0.3, -0.25) is 4.68 Å². The molecule has 2 heterocycles. The van der Waals surface area contributed by atoms with Crippen LogP contribution in [0, 0.1) is 0 Å². The number of hydrogen-bond acceptors (Lipinski definition) is 5. The number of fused-ring (bicyclic) bond motifs is 1. The van der Waals surface area contributed by atoms with Crippen LogP contribution in [0.4, 0.5) is 5.69 Å². The standard InChI is InChI=1S/C12H12N4S2/c13-9-7-14-16(8-9)5-6-17-12-15-10-3-1-2-4-11(10)18-12/h1-4,7-8H,5-6,13H2. The van der Waals surface area contributed by atoms with Gasteiger partial charge in [-0.05, 0) is 12.1 Å². The summed E-state index contributed by atoms with van der Waals surface area (Å²) in [6.07, 6.45) is 3.52. The monoisotopic (exact) mass is 276 g/mol. The number of hydrogen-bond donors (Lipinski definition) is 1. The molecule has 0 saturated carbocycles. The van der Waals surface area contributed by atoms with E-state index in [-0.39, 0.29) is 0 Å². The number of aromatic nitrogens is 3. The molecule has 0 atom stereocenters. The summed E-state index contributed by atoms with van der Waals surface area (Å²) in [6, 6.07) is 8.21. The first-order chi connectivity index (χ1) is 8.81. The minimum atomic E-state index is 0.708. The summed E-state index contributed by atoms with van der Waals surface area (Å²) in [5.74, 6) is 0.945. The highest BCUT2D eigenvalue weighted by Crippen LogP contribution is 2.29. The lowest BCUT2D eigenvalue weighted by Crippen LogP contribution is -2.00. The number of thiazole rings is 1. The highest BCUT2D eigenvalue weighted by Gasteiger charge is 2.03. The minimum Gasteiger partial charge on any atom is -0.396 e. The molecule has 0 aliphatic carbocycles. The average molecular weight is 276 g/mol. The third kappa shape index (κ3) is 2.49. The van der Waals surface area contributed by atoms with Crippen molar-refractivity contribution in [3.05, 3.63) is 36.7 Å². The van der Waals surface area contributed by atoms with E-state index in [1.54, 1.807) is 29.3 Å². The molecule has 4 nitrogen and oxygen atoms in total. The van der Waals surface area contributed by atoms with E-state index in [1.807, 2.05) is 29.1 Å². The van der Waals surface area contributed by atoms with Crippen molar-refractivity contribution in [1.82, 2.24) is 14.8 Å². The van der Waals surface area contributed by atoms with Crippen molar-refractivity contribution in [2.75, 3.05) is 11.5 Å². The van der Waals surface area contributed by atoms with E-state index < -0.39 is 0 Å². The van der Waals surface area contributed by atoms with Crippen LogP contribution in [0.25, 0.3) is 10.2 Å². The van der Waals surface area contributed by atoms with Crippen LogP contribution >= 0.6 is 23.1 Å². The predicted molar refractivity (Wildman–Crippen MR) is 77.0 cm³/mol. The highest BCUT2D eigenvalue weighted by atomic mass is 32.2. The van der Waals surface area contributed by atoms with Crippen molar-refractivity contribution in [3.63, 3.8) is 0 Å². The summed E-state index contributed by atoms with van der Waals surface area (Å²) < 4.78 is 4.20. The normalized spacial score (nSPS) is 11.1. The first kappa shape index (κ1) is 11.6. The van der Waals surface area contributed by atoms with Crippen LogP contribution in [0.3, 0.4) is 0 Å². The molecule has 0 amide bonds. The molecule has 0 fully saturated rings. The first-order valence-electron chi connectivity index (χ1n) is 5.57. The van der Waals surface area contributed by atoms with Gasteiger partial charge in [0.1, 0.15) is 0 Å². The maximum atomic E-state index is 5.61. The molecule has 2 aromatic heterocycles. The fourth-order valence-electron chi connectivity index (χ4n) is 1.64. The molecule has 2 N–H and O–H groups in total. The average Bonchev–Trinajstić information content (AvgIpc) is 2.95. The van der Waals surface area contributed by atoms with Gasteiger partial charge in [-0.25, -0.2) is 4.98 Å². The summed E-state index contributed by atoms with van der Waals surface area (Å²) in [5.41, 5.74) is 7.40. The van der Waals surface area contributed by atoms with E-state index >= 15 is 0 Å². The number of para-hydroxylation sites is 1. The Labute approximate surface area is 113 Å². The van der Waals surface area contributed by atoms with Crippen LogP contribution in [0.5, 0.6) is 0 Å². The number of thioether (sulfide) groups is 1. The van der Waals surface area contributed by atoms with Gasteiger partial charge in [0, 0.05) is 11.9 Å². The van der Waals surface area contributed by atoms with Crippen molar-refractivity contribution < 1.29 is 0 Å². The first-order valence-corrected chi connectivity index (χ1v) is 7.38. The lowest BCUT2D eigenvalue weighted by atomic mass is 10.3.